The maximum atomic E-state index is 13.5. The van der Waals surface area contributed by atoms with E-state index in [4.69, 9.17) is 4.74 Å². The quantitative estimate of drug-likeness (QED) is 0.393. The fourth-order valence-electron chi connectivity index (χ4n) is 3.38. The van der Waals surface area contributed by atoms with Crippen molar-refractivity contribution in [1.82, 2.24) is 0 Å². The number of hydrogen-bond donors (Lipinski definition) is 0. The highest BCUT2D eigenvalue weighted by Gasteiger charge is 2.12. The van der Waals surface area contributed by atoms with Crippen LogP contribution in [0, 0.1) is 0 Å². The smallest absolute Gasteiger partial charge is 0.306 e. The van der Waals surface area contributed by atoms with Gasteiger partial charge in [0.05, 0.1) is 6.61 Å². The minimum atomic E-state index is -0.591. The average molecular weight is 378 g/mol. The topological polar surface area (TPSA) is 43.4 Å². The molecule has 0 fully saturated rings. The Morgan fingerprint density at radius 1 is 1.00 bits per heavy atom. The Kier molecular flexibility index (Phi) is 6.19. The highest BCUT2D eigenvalue weighted by atomic mass is 19.1. The van der Waals surface area contributed by atoms with Crippen molar-refractivity contribution in [1.29, 1.82) is 0 Å². The van der Waals surface area contributed by atoms with Crippen LogP contribution in [0.5, 0.6) is 0 Å². The number of esters is 1. The largest absolute Gasteiger partial charge is 0.466 e. The number of ether oxygens (including phenoxy) is 1. The lowest BCUT2D eigenvalue weighted by atomic mass is 9.91. The van der Waals surface area contributed by atoms with Gasteiger partial charge in [0.15, 0.2) is 5.78 Å². The zero-order valence-electron chi connectivity index (χ0n) is 16.1. The van der Waals surface area contributed by atoms with Crippen LogP contribution in [0.25, 0.3) is 21.9 Å². The molecule has 0 spiro atoms. The minimum absolute atomic E-state index is 0.00471. The fraction of sp³-hybridized carbons (Fsp3) is 0.250. The number of carbonyl (C=O) groups is 2. The molecule has 3 rings (SSSR count). The molecule has 3 aromatic rings. The zero-order chi connectivity index (χ0) is 20.1. The van der Waals surface area contributed by atoms with Gasteiger partial charge >= 0.3 is 5.97 Å². The summed E-state index contributed by atoms with van der Waals surface area (Å²) in [5.41, 5.74) is 3.81. The molecule has 0 heterocycles. The number of rotatable bonds is 7. The summed E-state index contributed by atoms with van der Waals surface area (Å²) in [5.74, 6) is -0.295. The molecule has 28 heavy (non-hydrogen) atoms. The SMILES string of the molecule is CCOC(=O)CCc1cc(-c2cc(C(C)=O)cc3ccccc23)ccc1CF. The third kappa shape index (κ3) is 4.28. The summed E-state index contributed by atoms with van der Waals surface area (Å²) in [6, 6.07) is 17.2. The number of alkyl halides is 1. The first-order valence-electron chi connectivity index (χ1n) is 9.41. The molecule has 3 nitrogen and oxygen atoms in total. The molecular weight excluding hydrogens is 355 g/mol. The van der Waals surface area contributed by atoms with Gasteiger partial charge in [0.1, 0.15) is 6.67 Å². The third-order valence-corrected chi connectivity index (χ3v) is 4.83. The van der Waals surface area contributed by atoms with Gasteiger partial charge in [-0.25, -0.2) is 4.39 Å². The summed E-state index contributed by atoms with van der Waals surface area (Å²) in [4.78, 5) is 23.7. The Morgan fingerprint density at radius 3 is 2.50 bits per heavy atom. The lowest BCUT2D eigenvalue weighted by Gasteiger charge is -2.13. The monoisotopic (exact) mass is 378 g/mol. The normalized spacial score (nSPS) is 10.8. The lowest BCUT2D eigenvalue weighted by molar-refractivity contribution is -0.143. The first-order valence-corrected chi connectivity index (χ1v) is 9.41. The van der Waals surface area contributed by atoms with Crippen LogP contribution in [0.2, 0.25) is 0 Å². The second kappa shape index (κ2) is 8.79. The molecule has 0 unspecified atom stereocenters. The molecule has 0 aliphatic carbocycles. The summed E-state index contributed by atoms with van der Waals surface area (Å²) in [5, 5.41) is 2.00. The van der Waals surface area contributed by atoms with Crippen molar-refractivity contribution in [3.63, 3.8) is 0 Å². The van der Waals surface area contributed by atoms with E-state index < -0.39 is 6.67 Å². The second-order valence-corrected chi connectivity index (χ2v) is 6.72. The summed E-state index contributed by atoms with van der Waals surface area (Å²) in [6.07, 6.45) is 0.620. The first kappa shape index (κ1) is 19.7. The Bertz CT molecular complexity index is 1020. The third-order valence-electron chi connectivity index (χ3n) is 4.83. The summed E-state index contributed by atoms with van der Waals surface area (Å²) in [7, 11) is 0. The second-order valence-electron chi connectivity index (χ2n) is 6.72. The average Bonchev–Trinajstić information content (AvgIpc) is 2.71. The van der Waals surface area contributed by atoms with Gasteiger partial charge in [0, 0.05) is 12.0 Å². The molecular formula is C24H23FO3. The van der Waals surface area contributed by atoms with E-state index in [9.17, 15) is 14.0 Å². The molecule has 0 aromatic heterocycles. The Balaban J connectivity index is 2.07. The van der Waals surface area contributed by atoms with Crippen LogP contribution in [0.4, 0.5) is 4.39 Å². The molecule has 0 N–H and O–H groups in total. The van der Waals surface area contributed by atoms with Crippen molar-refractivity contribution in [3.05, 3.63) is 71.3 Å². The Morgan fingerprint density at radius 2 is 1.79 bits per heavy atom. The summed E-state index contributed by atoms with van der Waals surface area (Å²) in [6.45, 7) is 3.05. The van der Waals surface area contributed by atoms with E-state index in [0.29, 0.717) is 24.2 Å². The van der Waals surface area contributed by atoms with Crippen LogP contribution in [0.3, 0.4) is 0 Å². The van der Waals surface area contributed by atoms with Gasteiger partial charge in [-0.1, -0.05) is 42.5 Å². The van der Waals surface area contributed by atoms with E-state index in [1.807, 2.05) is 48.5 Å². The minimum Gasteiger partial charge on any atom is -0.466 e. The van der Waals surface area contributed by atoms with Gasteiger partial charge < -0.3 is 4.74 Å². The number of fused-ring (bicyclic) bond motifs is 1. The van der Waals surface area contributed by atoms with Crippen molar-refractivity contribution in [2.24, 2.45) is 0 Å². The number of aryl methyl sites for hydroxylation is 1. The molecule has 3 aromatic carbocycles. The molecule has 144 valence electrons. The van der Waals surface area contributed by atoms with Crippen LogP contribution in [0.15, 0.2) is 54.6 Å². The summed E-state index contributed by atoms with van der Waals surface area (Å²) >= 11 is 0. The standard InChI is InChI=1S/C24H23FO3/c1-3-28-24(27)11-10-17-12-19(8-9-20(17)15-25)23-14-21(16(2)26)13-18-6-4-5-7-22(18)23/h4-9,12-14H,3,10-11,15H2,1-2H3. The van der Waals surface area contributed by atoms with Crippen molar-refractivity contribution >= 4 is 22.5 Å². The number of ketones is 1. The molecule has 0 aliphatic rings. The highest BCUT2D eigenvalue weighted by molar-refractivity contribution is 6.04. The van der Waals surface area contributed by atoms with Gasteiger partial charge in [0.2, 0.25) is 0 Å². The Hall–Kier alpha value is -3.01. The lowest BCUT2D eigenvalue weighted by Crippen LogP contribution is -2.06. The van der Waals surface area contributed by atoms with Crippen LogP contribution in [-0.2, 0) is 22.6 Å². The maximum absolute atomic E-state index is 13.5. The number of carbonyl (C=O) groups excluding carboxylic acids is 2. The van der Waals surface area contributed by atoms with Gasteiger partial charge in [-0.2, -0.15) is 0 Å². The van der Waals surface area contributed by atoms with Crippen molar-refractivity contribution < 1.29 is 18.7 Å². The fourth-order valence-corrected chi connectivity index (χ4v) is 3.38. The molecule has 0 amide bonds. The molecule has 0 saturated heterocycles. The van der Waals surface area contributed by atoms with Crippen LogP contribution < -0.4 is 0 Å². The van der Waals surface area contributed by atoms with Crippen LogP contribution in [-0.4, -0.2) is 18.4 Å². The van der Waals surface area contributed by atoms with Gasteiger partial charge in [-0.3, -0.25) is 9.59 Å². The van der Waals surface area contributed by atoms with Gasteiger partial charge in [0.25, 0.3) is 0 Å². The molecule has 0 atom stereocenters. The van der Waals surface area contributed by atoms with Crippen LogP contribution in [0.1, 0.15) is 41.8 Å². The maximum Gasteiger partial charge on any atom is 0.306 e. The van der Waals surface area contributed by atoms with E-state index >= 15 is 0 Å². The van der Waals surface area contributed by atoms with Crippen molar-refractivity contribution in [2.45, 2.75) is 33.4 Å². The van der Waals surface area contributed by atoms with Crippen LogP contribution >= 0.6 is 0 Å². The van der Waals surface area contributed by atoms with E-state index in [2.05, 4.69) is 0 Å². The molecule has 0 aliphatic heterocycles. The number of halogens is 1. The van der Waals surface area contributed by atoms with Gasteiger partial charge in [-0.05, 0) is 65.4 Å². The van der Waals surface area contributed by atoms with E-state index in [1.54, 1.807) is 19.9 Å². The molecule has 4 heteroatoms. The van der Waals surface area contributed by atoms with Crippen molar-refractivity contribution in [3.8, 4) is 11.1 Å². The summed E-state index contributed by atoms with van der Waals surface area (Å²) < 4.78 is 18.4. The number of Topliss-reactive ketones (excluding diaryl/α,β-unsaturated/α-hetero) is 1. The number of benzene rings is 3. The molecule has 0 radical (unpaired) electrons. The zero-order valence-corrected chi connectivity index (χ0v) is 16.1. The highest BCUT2D eigenvalue weighted by Crippen LogP contribution is 2.32. The number of hydrogen-bond acceptors (Lipinski definition) is 3. The van der Waals surface area contributed by atoms with Crippen molar-refractivity contribution in [2.75, 3.05) is 6.61 Å². The van der Waals surface area contributed by atoms with E-state index in [1.165, 1.54) is 0 Å². The molecule has 0 bridgehead atoms. The van der Waals surface area contributed by atoms with E-state index in [-0.39, 0.29) is 18.2 Å². The van der Waals surface area contributed by atoms with E-state index in [0.717, 1.165) is 27.5 Å². The predicted octanol–water partition coefficient (Wildman–Crippen LogP) is 5.67. The molecule has 0 saturated carbocycles. The predicted molar refractivity (Wildman–Crippen MR) is 109 cm³/mol. The Labute approximate surface area is 164 Å². The van der Waals surface area contributed by atoms with Gasteiger partial charge in [-0.15, -0.1) is 0 Å². The first-order chi connectivity index (χ1) is 13.5.